The van der Waals surface area contributed by atoms with E-state index in [0.717, 1.165) is 49.2 Å². The van der Waals surface area contributed by atoms with Crippen molar-refractivity contribution in [2.45, 2.75) is 38.0 Å². The molecule has 174 valence electrons. The quantitative estimate of drug-likeness (QED) is 0.557. The zero-order chi connectivity index (χ0) is 22.4. The molecule has 0 bridgehead atoms. The van der Waals surface area contributed by atoms with Crippen LogP contribution >= 0.6 is 0 Å². The van der Waals surface area contributed by atoms with E-state index in [0.29, 0.717) is 5.92 Å². The van der Waals surface area contributed by atoms with E-state index in [1.807, 2.05) is 24.3 Å². The summed E-state index contributed by atoms with van der Waals surface area (Å²) in [6.45, 7) is 13.4. The summed E-state index contributed by atoms with van der Waals surface area (Å²) in [5.74, 6) is 1.23. The van der Waals surface area contributed by atoms with E-state index < -0.39 is 0 Å². The zero-order valence-electron chi connectivity index (χ0n) is 19.7. The highest BCUT2D eigenvalue weighted by Crippen LogP contribution is 2.47. The average molecular weight is 444 g/mol. The van der Waals surface area contributed by atoms with E-state index in [9.17, 15) is 0 Å². The van der Waals surface area contributed by atoms with Crippen LogP contribution in [0.25, 0.3) is 11.1 Å². The van der Waals surface area contributed by atoms with Crippen molar-refractivity contribution in [3.63, 3.8) is 0 Å². The van der Waals surface area contributed by atoms with Gasteiger partial charge in [-0.25, -0.2) is 0 Å². The number of piperidine rings is 2. The molecule has 3 aliphatic rings. The molecule has 3 aliphatic heterocycles. The lowest BCUT2D eigenvalue weighted by molar-refractivity contribution is 0.117. The van der Waals surface area contributed by atoms with Gasteiger partial charge in [0, 0.05) is 25.3 Å². The molecule has 2 atom stereocenters. The molecule has 0 aliphatic carbocycles. The molecule has 2 fully saturated rings. The van der Waals surface area contributed by atoms with E-state index >= 15 is 0 Å². The van der Waals surface area contributed by atoms with Gasteiger partial charge in [-0.3, -0.25) is 0 Å². The minimum absolute atomic E-state index is 0.213. The minimum atomic E-state index is 0.213. The molecular weight excluding hydrogens is 408 g/mol. The van der Waals surface area contributed by atoms with Gasteiger partial charge in [0.1, 0.15) is 5.52 Å². The molecule has 0 saturated carbocycles. The van der Waals surface area contributed by atoms with Crippen LogP contribution in [0.5, 0.6) is 0 Å². The summed E-state index contributed by atoms with van der Waals surface area (Å²) in [6, 6.07) is 15.7. The Morgan fingerprint density at radius 3 is 2.82 bits per heavy atom. The lowest BCUT2D eigenvalue weighted by Crippen LogP contribution is -2.50. The third-order valence-electron chi connectivity index (χ3n) is 8.46. The maximum Gasteiger partial charge on any atom is 0.298 e. The molecule has 6 rings (SSSR count). The number of benzene rings is 2. The lowest BCUT2D eigenvalue weighted by atomic mass is 9.67. The first-order valence-electron chi connectivity index (χ1n) is 12.6. The van der Waals surface area contributed by atoms with Crippen molar-refractivity contribution < 1.29 is 4.42 Å². The smallest absolute Gasteiger partial charge is 0.298 e. The number of nitrogens with one attached hydrogen (secondary N) is 1. The third kappa shape index (κ3) is 3.80. The number of nitrogens with zero attached hydrogens (tertiary/aromatic N) is 3. The largest absolute Gasteiger partial charge is 0.423 e. The van der Waals surface area contributed by atoms with Crippen molar-refractivity contribution in [3.8, 4) is 0 Å². The number of aryl methyl sites for hydroxylation is 1. The molecule has 1 aromatic heterocycles. The van der Waals surface area contributed by atoms with Gasteiger partial charge >= 0.3 is 0 Å². The summed E-state index contributed by atoms with van der Waals surface area (Å²) in [6.07, 6.45) is 4.94. The second kappa shape index (κ2) is 8.35. The van der Waals surface area contributed by atoms with Gasteiger partial charge in [0.25, 0.3) is 6.01 Å². The first kappa shape index (κ1) is 21.0. The molecule has 2 saturated heterocycles. The van der Waals surface area contributed by atoms with Crippen LogP contribution in [0.3, 0.4) is 0 Å². The Morgan fingerprint density at radius 2 is 2.00 bits per heavy atom. The first-order valence-corrected chi connectivity index (χ1v) is 12.6. The lowest BCUT2D eigenvalue weighted by Gasteiger charge is -2.49. The molecular formula is C28H35N4O-. The summed E-state index contributed by atoms with van der Waals surface area (Å²) in [4.78, 5) is 9.67. The summed E-state index contributed by atoms with van der Waals surface area (Å²) in [5, 5.41) is 3.68. The number of oxazole rings is 1. The van der Waals surface area contributed by atoms with Crippen molar-refractivity contribution in [3.05, 3.63) is 60.5 Å². The van der Waals surface area contributed by atoms with Crippen molar-refractivity contribution in [2.75, 3.05) is 49.5 Å². The van der Waals surface area contributed by atoms with Crippen LogP contribution in [-0.4, -0.2) is 49.2 Å². The number of para-hydroxylation sites is 2. The van der Waals surface area contributed by atoms with Gasteiger partial charge in [-0.15, -0.1) is 5.92 Å². The molecule has 0 radical (unpaired) electrons. The van der Waals surface area contributed by atoms with Gasteiger partial charge in [0.05, 0.1) is 0 Å². The van der Waals surface area contributed by atoms with E-state index in [-0.39, 0.29) is 5.41 Å². The summed E-state index contributed by atoms with van der Waals surface area (Å²) < 4.78 is 5.98. The Hall–Kier alpha value is -2.53. The van der Waals surface area contributed by atoms with Gasteiger partial charge in [-0.2, -0.15) is 4.98 Å². The molecule has 5 heteroatoms. The van der Waals surface area contributed by atoms with E-state index in [1.54, 1.807) is 0 Å². The topological polar surface area (TPSA) is 44.5 Å². The Kier molecular flexibility index (Phi) is 5.33. The molecule has 1 unspecified atom stereocenters. The number of aromatic nitrogens is 1. The van der Waals surface area contributed by atoms with Crippen LogP contribution in [-0.2, 0) is 5.41 Å². The third-order valence-corrected chi connectivity index (χ3v) is 8.46. The fourth-order valence-electron chi connectivity index (χ4n) is 6.29. The summed E-state index contributed by atoms with van der Waals surface area (Å²) >= 11 is 0. The fraction of sp³-hybridized carbons (Fsp3) is 0.500. The van der Waals surface area contributed by atoms with Crippen LogP contribution in [0.15, 0.2) is 46.9 Å². The standard InChI is InChI=1S/C28H35N4O/c1-20-7-8-23-25(17-20)29-19-28(23)12-16-31(18-21(28)2)13-9-22-10-14-32(15-11-22)27-30-24-5-3-4-6-26(24)33-27/h3-8,17,21-22,29H,2,9-16,18-19H2,1H3/q-1/t21?,28-/m1/s1. The molecule has 0 amide bonds. The van der Waals surface area contributed by atoms with E-state index in [2.05, 4.69) is 52.1 Å². The highest BCUT2D eigenvalue weighted by Gasteiger charge is 2.43. The van der Waals surface area contributed by atoms with Crippen LogP contribution < -0.4 is 10.2 Å². The number of likely N-dealkylation sites (tertiary alicyclic amines) is 1. The number of anilines is 2. The van der Waals surface area contributed by atoms with Crippen LogP contribution in [0.1, 0.15) is 36.8 Å². The van der Waals surface area contributed by atoms with E-state index in [1.165, 1.54) is 55.6 Å². The first-order chi connectivity index (χ1) is 16.1. The Morgan fingerprint density at radius 1 is 1.15 bits per heavy atom. The van der Waals surface area contributed by atoms with Gasteiger partial charge < -0.3 is 26.5 Å². The monoisotopic (exact) mass is 443 g/mol. The molecule has 2 aromatic carbocycles. The molecule has 5 nitrogen and oxygen atoms in total. The fourth-order valence-corrected chi connectivity index (χ4v) is 6.29. The van der Waals surface area contributed by atoms with E-state index in [4.69, 9.17) is 4.42 Å². The average Bonchev–Trinajstić information content (AvgIpc) is 3.42. The SMILES string of the molecule is [CH2-]C1CN(CCC2CCN(c3nc4ccccc4o3)CC2)CC[C@@]12CNc1cc(C)ccc12. The predicted octanol–water partition coefficient (Wildman–Crippen LogP) is 5.26. The number of rotatable bonds is 4. The van der Waals surface area contributed by atoms with Crippen molar-refractivity contribution >= 4 is 22.8 Å². The van der Waals surface area contributed by atoms with Crippen LogP contribution in [0.4, 0.5) is 11.7 Å². The number of hydrogen-bond acceptors (Lipinski definition) is 5. The molecule has 1 spiro atoms. The van der Waals surface area contributed by atoms with Gasteiger partial charge in [0.2, 0.25) is 0 Å². The Bertz CT molecular complexity index is 1100. The number of hydrogen-bond donors (Lipinski definition) is 1. The molecule has 3 aromatic rings. The molecule has 33 heavy (non-hydrogen) atoms. The highest BCUT2D eigenvalue weighted by molar-refractivity contribution is 5.74. The highest BCUT2D eigenvalue weighted by atomic mass is 16.4. The summed E-state index contributed by atoms with van der Waals surface area (Å²) in [5.41, 5.74) is 6.22. The normalized spacial score (nSPS) is 26.1. The van der Waals surface area contributed by atoms with Crippen molar-refractivity contribution in [1.82, 2.24) is 9.88 Å². The van der Waals surface area contributed by atoms with Crippen LogP contribution in [0.2, 0.25) is 0 Å². The Balaban J connectivity index is 1.01. The Labute approximate surface area is 197 Å². The zero-order valence-corrected chi connectivity index (χ0v) is 19.7. The van der Waals surface area contributed by atoms with Crippen LogP contribution in [0, 0.1) is 25.7 Å². The van der Waals surface area contributed by atoms with Gasteiger partial charge in [0.15, 0.2) is 5.58 Å². The van der Waals surface area contributed by atoms with Gasteiger partial charge in [-0.05, 0) is 92.9 Å². The second-order valence-electron chi connectivity index (χ2n) is 10.5. The van der Waals surface area contributed by atoms with Crippen molar-refractivity contribution in [2.24, 2.45) is 11.8 Å². The molecule has 1 N–H and O–H groups in total. The minimum Gasteiger partial charge on any atom is -0.423 e. The summed E-state index contributed by atoms with van der Waals surface area (Å²) in [7, 11) is 0. The second-order valence-corrected chi connectivity index (χ2v) is 10.5. The molecule has 4 heterocycles. The van der Waals surface area contributed by atoms with Crippen molar-refractivity contribution in [1.29, 1.82) is 0 Å². The predicted molar refractivity (Wildman–Crippen MR) is 135 cm³/mol. The van der Waals surface area contributed by atoms with Gasteiger partial charge in [-0.1, -0.05) is 24.3 Å². The number of fused-ring (bicyclic) bond motifs is 3. The maximum atomic E-state index is 5.98. The maximum absolute atomic E-state index is 5.98.